The van der Waals surface area contributed by atoms with Crippen molar-refractivity contribution in [2.75, 3.05) is 0 Å². The van der Waals surface area contributed by atoms with Crippen LogP contribution in [-0.4, -0.2) is 29.9 Å². The molecule has 0 aliphatic rings. The van der Waals surface area contributed by atoms with Crippen molar-refractivity contribution in [3.05, 3.63) is 0 Å². The predicted molar refractivity (Wildman–Crippen MR) is 180 cm³/mol. The molecule has 0 aliphatic heterocycles. The molecule has 0 rings (SSSR count). The number of rotatable bonds is 32. The second-order valence-corrected chi connectivity index (χ2v) is 12.8. The fourth-order valence-electron chi connectivity index (χ4n) is 5.43. The molecule has 44 heavy (non-hydrogen) atoms. The Morgan fingerprint density at radius 3 is 1.02 bits per heavy atom. The minimum atomic E-state index is -1.10. The van der Waals surface area contributed by atoms with Crippen LogP contribution in [0.4, 0.5) is 0 Å². The zero-order valence-corrected chi connectivity index (χ0v) is 28.8. The standard InChI is InChI=1S/C37H69NO6/c1-3-5-7-9-11-13-15-17-19-21-23-25-27-29-34(39)43-36(41)32-31-33(38)37(42)44-35(40)30-28-26-24-22-20-18-16-14-12-10-8-6-4-2/h33H,3-32,38H2,1-2H3. The van der Waals surface area contributed by atoms with Crippen LogP contribution in [-0.2, 0) is 28.7 Å². The first-order valence-electron chi connectivity index (χ1n) is 18.6. The number of hydrogen-bond donors (Lipinski definition) is 1. The molecule has 0 amide bonds. The maximum atomic E-state index is 12.1. The Kier molecular flexibility index (Phi) is 31.3. The molecule has 2 N–H and O–H groups in total. The zero-order valence-electron chi connectivity index (χ0n) is 28.8. The molecule has 0 aliphatic carbocycles. The molecular formula is C37H69NO6. The highest BCUT2D eigenvalue weighted by atomic mass is 16.6. The average molecular weight is 624 g/mol. The lowest BCUT2D eigenvalue weighted by Gasteiger charge is -2.10. The molecule has 0 fully saturated rings. The topological polar surface area (TPSA) is 113 Å². The van der Waals surface area contributed by atoms with Gasteiger partial charge >= 0.3 is 23.9 Å². The molecule has 7 heteroatoms. The smallest absolute Gasteiger partial charge is 0.330 e. The van der Waals surface area contributed by atoms with E-state index in [0.29, 0.717) is 12.8 Å². The number of nitrogens with two attached hydrogens (primary N) is 1. The largest absolute Gasteiger partial charge is 0.393 e. The number of esters is 4. The van der Waals surface area contributed by atoms with Gasteiger partial charge in [-0.15, -0.1) is 0 Å². The normalized spacial score (nSPS) is 11.8. The van der Waals surface area contributed by atoms with Crippen molar-refractivity contribution >= 4 is 23.9 Å². The van der Waals surface area contributed by atoms with Crippen LogP contribution in [0.2, 0.25) is 0 Å². The third-order valence-corrected chi connectivity index (χ3v) is 8.37. The second-order valence-electron chi connectivity index (χ2n) is 12.8. The number of carbonyl (C=O) groups is 4. The summed E-state index contributed by atoms with van der Waals surface area (Å²) in [7, 11) is 0. The monoisotopic (exact) mass is 624 g/mol. The summed E-state index contributed by atoms with van der Waals surface area (Å²) >= 11 is 0. The summed E-state index contributed by atoms with van der Waals surface area (Å²) in [5.74, 6) is -2.66. The molecule has 0 saturated carbocycles. The summed E-state index contributed by atoms with van der Waals surface area (Å²) in [6.45, 7) is 4.49. The van der Waals surface area contributed by atoms with E-state index in [9.17, 15) is 19.2 Å². The summed E-state index contributed by atoms with van der Waals surface area (Å²) < 4.78 is 9.69. The van der Waals surface area contributed by atoms with Crippen LogP contribution in [0.3, 0.4) is 0 Å². The molecule has 0 spiro atoms. The molecule has 7 nitrogen and oxygen atoms in total. The minimum absolute atomic E-state index is 0.0320. The molecule has 1 unspecified atom stereocenters. The van der Waals surface area contributed by atoms with Gasteiger partial charge in [0.2, 0.25) is 0 Å². The fourth-order valence-corrected chi connectivity index (χ4v) is 5.43. The maximum absolute atomic E-state index is 12.1. The van der Waals surface area contributed by atoms with E-state index in [1.807, 2.05) is 0 Å². The van der Waals surface area contributed by atoms with Crippen molar-refractivity contribution in [3.63, 3.8) is 0 Å². The lowest BCUT2D eigenvalue weighted by Crippen LogP contribution is -2.34. The molecule has 258 valence electrons. The van der Waals surface area contributed by atoms with Crippen molar-refractivity contribution in [2.45, 2.75) is 213 Å². The van der Waals surface area contributed by atoms with Gasteiger partial charge in [0.15, 0.2) is 0 Å². The number of carbonyl (C=O) groups excluding carboxylic acids is 4. The highest BCUT2D eigenvalue weighted by Gasteiger charge is 2.21. The molecule has 1 atom stereocenters. The Hall–Kier alpha value is -1.76. The molecule has 0 heterocycles. The SMILES string of the molecule is CCCCCCCCCCCCCCCC(=O)OC(=O)CCC(N)C(=O)OC(=O)CCCCCCCCCCCCCCC. The minimum Gasteiger partial charge on any atom is -0.393 e. The molecular weight excluding hydrogens is 554 g/mol. The third-order valence-electron chi connectivity index (χ3n) is 8.37. The van der Waals surface area contributed by atoms with Gasteiger partial charge < -0.3 is 15.2 Å². The maximum Gasteiger partial charge on any atom is 0.330 e. The van der Waals surface area contributed by atoms with Gasteiger partial charge in [0, 0.05) is 19.3 Å². The van der Waals surface area contributed by atoms with Gasteiger partial charge in [0.1, 0.15) is 6.04 Å². The summed E-state index contributed by atoms with van der Waals surface area (Å²) in [5, 5.41) is 0. The van der Waals surface area contributed by atoms with Crippen LogP contribution < -0.4 is 5.73 Å². The van der Waals surface area contributed by atoms with E-state index in [-0.39, 0.29) is 25.7 Å². The van der Waals surface area contributed by atoms with Crippen LogP contribution in [0.25, 0.3) is 0 Å². The van der Waals surface area contributed by atoms with E-state index in [0.717, 1.165) is 25.7 Å². The summed E-state index contributed by atoms with van der Waals surface area (Å²) in [6.07, 6.45) is 31.8. The van der Waals surface area contributed by atoms with Gasteiger partial charge in [-0.25, -0.2) is 4.79 Å². The Balaban J connectivity index is 3.64. The fraction of sp³-hybridized carbons (Fsp3) is 0.892. The quantitative estimate of drug-likeness (QED) is 0.0450. The highest BCUT2D eigenvalue weighted by molar-refractivity contribution is 5.89. The molecule has 0 radical (unpaired) electrons. The summed E-state index contributed by atoms with van der Waals surface area (Å²) in [6, 6.07) is -1.10. The summed E-state index contributed by atoms with van der Waals surface area (Å²) in [4.78, 5) is 48.0. The van der Waals surface area contributed by atoms with Gasteiger partial charge in [-0.3, -0.25) is 14.4 Å². The van der Waals surface area contributed by atoms with Gasteiger partial charge in [-0.1, -0.05) is 168 Å². The van der Waals surface area contributed by atoms with Crippen LogP contribution in [0.15, 0.2) is 0 Å². The first kappa shape index (κ1) is 42.2. The van der Waals surface area contributed by atoms with Crippen molar-refractivity contribution < 1.29 is 28.7 Å². The Labute approximate surface area is 270 Å². The van der Waals surface area contributed by atoms with E-state index in [2.05, 4.69) is 13.8 Å². The lowest BCUT2D eigenvalue weighted by atomic mass is 10.0. The van der Waals surface area contributed by atoms with Crippen molar-refractivity contribution in [1.29, 1.82) is 0 Å². The number of unbranched alkanes of at least 4 members (excludes halogenated alkanes) is 24. The molecule has 0 aromatic carbocycles. The van der Waals surface area contributed by atoms with Crippen LogP contribution >= 0.6 is 0 Å². The van der Waals surface area contributed by atoms with Crippen LogP contribution in [0, 0.1) is 0 Å². The second kappa shape index (κ2) is 32.6. The Morgan fingerprint density at radius 2 is 0.682 bits per heavy atom. The Bertz CT molecular complexity index is 710. The average Bonchev–Trinajstić information content (AvgIpc) is 3.00. The van der Waals surface area contributed by atoms with Gasteiger partial charge in [0.05, 0.1) is 0 Å². The Morgan fingerprint density at radius 1 is 0.409 bits per heavy atom. The summed E-state index contributed by atoms with van der Waals surface area (Å²) in [5.41, 5.74) is 5.79. The lowest BCUT2D eigenvalue weighted by molar-refractivity contribution is -0.160. The van der Waals surface area contributed by atoms with E-state index in [1.54, 1.807) is 0 Å². The van der Waals surface area contributed by atoms with E-state index in [1.165, 1.54) is 128 Å². The molecule has 0 bridgehead atoms. The van der Waals surface area contributed by atoms with E-state index >= 15 is 0 Å². The first-order valence-corrected chi connectivity index (χ1v) is 18.6. The molecule has 0 aromatic heterocycles. The predicted octanol–water partition coefficient (Wildman–Crippen LogP) is 10.2. The molecule has 0 aromatic rings. The number of ether oxygens (including phenoxy) is 2. The van der Waals surface area contributed by atoms with Crippen molar-refractivity contribution in [2.24, 2.45) is 5.73 Å². The molecule has 0 saturated heterocycles. The first-order chi connectivity index (χ1) is 21.4. The van der Waals surface area contributed by atoms with Gasteiger partial charge in [0.25, 0.3) is 0 Å². The van der Waals surface area contributed by atoms with E-state index in [4.69, 9.17) is 15.2 Å². The van der Waals surface area contributed by atoms with Crippen molar-refractivity contribution in [1.82, 2.24) is 0 Å². The van der Waals surface area contributed by atoms with Crippen LogP contribution in [0.5, 0.6) is 0 Å². The van der Waals surface area contributed by atoms with Gasteiger partial charge in [-0.05, 0) is 19.3 Å². The van der Waals surface area contributed by atoms with Crippen LogP contribution in [0.1, 0.15) is 206 Å². The number of hydrogen-bond acceptors (Lipinski definition) is 7. The van der Waals surface area contributed by atoms with E-state index < -0.39 is 29.9 Å². The third kappa shape index (κ3) is 30.3. The zero-order chi connectivity index (χ0) is 32.5. The highest BCUT2D eigenvalue weighted by Crippen LogP contribution is 2.15. The van der Waals surface area contributed by atoms with Crippen molar-refractivity contribution in [3.8, 4) is 0 Å². The van der Waals surface area contributed by atoms with Gasteiger partial charge in [-0.2, -0.15) is 0 Å².